The van der Waals surface area contributed by atoms with Gasteiger partial charge in [-0.1, -0.05) is 30.3 Å². The molecular weight excluding hydrogens is 378 g/mol. The summed E-state index contributed by atoms with van der Waals surface area (Å²) in [5.41, 5.74) is 3.10. The van der Waals surface area contributed by atoms with E-state index in [1.807, 2.05) is 59.9 Å². The molecule has 1 aromatic heterocycles. The Morgan fingerprint density at radius 3 is 2.52 bits per heavy atom. The molecule has 3 aromatic rings. The van der Waals surface area contributed by atoms with E-state index in [9.17, 15) is 9.59 Å². The molecule has 138 valence electrons. The highest BCUT2D eigenvalue weighted by Crippen LogP contribution is 2.45. The number of rotatable bonds is 5. The first-order valence-electron chi connectivity index (χ1n) is 8.78. The standard InChI is InChI=1S/C21H19NO3S2/c1-13(19(23)17-12-22-18-5-3-2-4-16(17)18)25-20(24)14-6-8-15(9-7-14)21-26-10-11-27-21/h2-9,12-13,21-22H,10-11H2,1H3/t13-/m1/s1. The normalized spacial score (nSPS) is 15.7. The Morgan fingerprint density at radius 2 is 1.78 bits per heavy atom. The van der Waals surface area contributed by atoms with Gasteiger partial charge in [0.1, 0.15) is 0 Å². The van der Waals surface area contributed by atoms with Gasteiger partial charge in [0.05, 0.1) is 10.1 Å². The van der Waals surface area contributed by atoms with Gasteiger partial charge in [0.25, 0.3) is 0 Å². The molecule has 27 heavy (non-hydrogen) atoms. The summed E-state index contributed by atoms with van der Waals surface area (Å²) in [6.45, 7) is 1.61. The van der Waals surface area contributed by atoms with Gasteiger partial charge >= 0.3 is 5.97 Å². The summed E-state index contributed by atoms with van der Waals surface area (Å²) in [5.74, 6) is 1.63. The van der Waals surface area contributed by atoms with Crippen LogP contribution in [0.2, 0.25) is 0 Å². The van der Waals surface area contributed by atoms with E-state index in [0.717, 1.165) is 22.4 Å². The molecule has 0 radical (unpaired) electrons. The number of para-hydroxylation sites is 1. The molecule has 0 amide bonds. The zero-order valence-electron chi connectivity index (χ0n) is 14.8. The fraction of sp³-hybridized carbons (Fsp3) is 0.238. The molecule has 2 heterocycles. The van der Waals surface area contributed by atoms with Gasteiger partial charge in [0.15, 0.2) is 6.10 Å². The number of hydrogen-bond donors (Lipinski definition) is 1. The predicted molar refractivity (Wildman–Crippen MR) is 112 cm³/mol. The summed E-state index contributed by atoms with van der Waals surface area (Å²) in [5, 5.41) is 0.835. The largest absolute Gasteiger partial charge is 0.451 e. The van der Waals surface area contributed by atoms with E-state index < -0.39 is 12.1 Å². The Morgan fingerprint density at radius 1 is 1.07 bits per heavy atom. The first kappa shape index (κ1) is 18.2. The molecule has 1 fully saturated rings. The zero-order chi connectivity index (χ0) is 18.8. The average Bonchev–Trinajstić information content (AvgIpc) is 3.37. The maximum Gasteiger partial charge on any atom is 0.338 e. The summed E-state index contributed by atoms with van der Waals surface area (Å²) in [7, 11) is 0. The number of ether oxygens (including phenoxy) is 1. The lowest BCUT2D eigenvalue weighted by atomic mass is 10.1. The van der Waals surface area contributed by atoms with Crippen molar-refractivity contribution in [3.8, 4) is 0 Å². The molecule has 0 bridgehead atoms. The second-order valence-corrected chi connectivity index (χ2v) is 9.08. The molecule has 2 aromatic carbocycles. The number of H-pyrrole nitrogens is 1. The first-order chi connectivity index (χ1) is 13.1. The van der Waals surface area contributed by atoms with Crippen LogP contribution in [-0.2, 0) is 4.74 Å². The molecule has 0 unspecified atom stereocenters. The number of Topliss-reactive ketones (excluding diaryl/α,β-unsaturated/α-hetero) is 1. The van der Waals surface area contributed by atoms with Gasteiger partial charge in [0, 0.05) is 34.2 Å². The minimum absolute atomic E-state index is 0.212. The molecule has 4 rings (SSSR count). The van der Waals surface area contributed by atoms with Crippen molar-refractivity contribution in [1.82, 2.24) is 4.98 Å². The van der Waals surface area contributed by atoms with Crippen molar-refractivity contribution in [2.45, 2.75) is 17.6 Å². The highest BCUT2D eigenvalue weighted by molar-refractivity contribution is 8.19. The van der Waals surface area contributed by atoms with Crippen LogP contribution < -0.4 is 0 Å². The number of aromatic amines is 1. The molecule has 6 heteroatoms. The molecule has 1 aliphatic heterocycles. The minimum Gasteiger partial charge on any atom is -0.451 e. The van der Waals surface area contributed by atoms with Crippen molar-refractivity contribution < 1.29 is 14.3 Å². The lowest BCUT2D eigenvalue weighted by molar-refractivity contribution is 0.0319. The fourth-order valence-electron chi connectivity index (χ4n) is 3.10. The molecule has 0 spiro atoms. The summed E-state index contributed by atoms with van der Waals surface area (Å²) < 4.78 is 5.87. The Labute approximate surface area is 166 Å². The van der Waals surface area contributed by atoms with E-state index in [-0.39, 0.29) is 5.78 Å². The smallest absolute Gasteiger partial charge is 0.338 e. The number of hydrogen-bond acceptors (Lipinski definition) is 5. The molecule has 1 aliphatic rings. The summed E-state index contributed by atoms with van der Waals surface area (Å²) in [6, 6.07) is 15.1. The summed E-state index contributed by atoms with van der Waals surface area (Å²) in [6.07, 6.45) is 0.820. The third kappa shape index (κ3) is 3.77. The van der Waals surface area contributed by atoms with Crippen LogP contribution in [0.4, 0.5) is 0 Å². The van der Waals surface area contributed by atoms with Crippen LogP contribution in [0.25, 0.3) is 10.9 Å². The van der Waals surface area contributed by atoms with E-state index in [1.165, 1.54) is 5.56 Å². The van der Waals surface area contributed by atoms with Gasteiger partial charge in [-0.05, 0) is 30.7 Å². The number of benzene rings is 2. The number of carbonyl (C=O) groups excluding carboxylic acids is 2. The van der Waals surface area contributed by atoms with Crippen LogP contribution in [0.15, 0.2) is 54.7 Å². The summed E-state index contributed by atoms with van der Waals surface area (Å²) >= 11 is 3.85. The number of thioether (sulfide) groups is 2. The lowest BCUT2D eigenvalue weighted by Crippen LogP contribution is -2.24. The molecule has 0 aliphatic carbocycles. The number of aromatic nitrogens is 1. The van der Waals surface area contributed by atoms with Crippen LogP contribution in [0.1, 0.15) is 37.8 Å². The van der Waals surface area contributed by atoms with Gasteiger partial charge in [0.2, 0.25) is 5.78 Å². The predicted octanol–water partition coefficient (Wildman–Crippen LogP) is 5.07. The van der Waals surface area contributed by atoms with Gasteiger partial charge in [-0.15, -0.1) is 23.5 Å². The third-order valence-corrected chi connectivity index (χ3v) is 7.65. The van der Waals surface area contributed by atoms with E-state index in [0.29, 0.717) is 15.7 Å². The fourth-order valence-corrected chi connectivity index (χ4v) is 5.96. The Bertz CT molecular complexity index is 975. The number of fused-ring (bicyclic) bond motifs is 1. The van der Waals surface area contributed by atoms with Crippen molar-refractivity contribution in [3.63, 3.8) is 0 Å². The minimum atomic E-state index is -0.850. The molecule has 0 saturated carbocycles. The molecule has 1 N–H and O–H groups in total. The van der Waals surface area contributed by atoms with E-state index in [1.54, 1.807) is 25.3 Å². The molecule has 1 saturated heterocycles. The number of ketones is 1. The Kier molecular flexibility index (Phi) is 5.27. The van der Waals surface area contributed by atoms with E-state index >= 15 is 0 Å². The van der Waals surface area contributed by atoms with Crippen molar-refractivity contribution in [2.75, 3.05) is 11.5 Å². The lowest BCUT2D eigenvalue weighted by Gasteiger charge is -2.13. The van der Waals surface area contributed by atoms with Gasteiger partial charge in [-0.25, -0.2) is 4.79 Å². The first-order valence-corrected chi connectivity index (χ1v) is 10.9. The van der Waals surface area contributed by atoms with Crippen molar-refractivity contribution in [2.24, 2.45) is 0 Å². The molecule has 4 nitrogen and oxygen atoms in total. The Hall–Kier alpha value is -2.18. The van der Waals surface area contributed by atoms with Crippen molar-refractivity contribution >= 4 is 46.2 Å². The number of carbonyl (C=O) groups is 2. The zero-order valence-corrected chi connectivity index (χ0v) is 16.4. The van der Waals surface area contributed by atoms with Crippen molar-refractivity contribution in [1.29, 1.82) is 0 Å². The van der Waals surface area contributed by atoms with E-state index in [2.05, 4.69) is 4.98 Å². The summed E-state index contributed by atoms with van der Waals surface area (Å²) in [4.78, 5) is 28.2. The Balaban J connectivity index is 1.44. The van der Waals surface area contributed by atoms with Gasteiger partial charge < -0.3 is 9.72 Å². The number of esters is 1. The van der Waals surface area contributed by atoms with Crippen LogP contribution in [0.3, 0.4) is 0 Å². The average molecular weight is 398 g/mol. The van der Waals surface area contributed by atoms with Crippen LogP contribution in [0, 0.1) is 0 Å². The van der Waals surface area contributed by atoms with Crippen molar-refractivity contribution in [3.05, 3.63) is 71.4 Å². The molecular formula is C21H19NO3S2. The maximum absolute atomic E-state index is 12.7. The van der Waals surface area contributed by atoms with Crippen LogP contribution >= 0.6 is 23.5 Å². The molecule has 1 atom stereocenters. The van der Waals surface area contributed by atoms with Crippen LogP contribution in [-0.4, -0.2) is 34.3 Å². The second kappa shape index (κ2) is 7.82. The highest BCUT2D eigenvalue weighted by atomic mass is 32.2. The number of nitrogens with one attached hydrogen (secondary N) is 1. The third-order valence-electron chi connectivity index (χ3n) is 4.55. The monoisotopic (exact) mass is 397 g/mol. The highest BCUT2D eigenvalue weighted by Gasteiger charge is 2.23. The SMILES string of the molecule is C[C@@H](OC(=O)c1ccc(C2SCCS2)cc1)C(=O)c1c[nH]c2ccccc12. The van der Waals surface area contributed by atoms with E-state index in [4.69, 9.17) is 4.74 Å². The second-order valence-electron chi connectivity index (χ2n) is 6.36. The van der Waals surface area contributed by atoms with Gasteiger partial charge in [-0.2, -0.15) is 0 Å². The van der Waals surface area contributed by atoms with Gasteiger partial charge in [-0.3, -0.25) is 4.79 Å². The van der Waals surface area contributed by atoms with Crippen LogP contribution in [0.5, 0.6) is 0 Å². The maximum atomic E-state index is 12.7. The topological polar surface area (TPSA) is 59.2 Å². The quantitative estimate of drug-likeness (QED) is 0.481.